The fourth-order valence-electron chi connectivity index (χ4n) is 1.57. The van der Waals surface area contributed by atoms with Crippen LogP contribution in [0.2, 0.25) is 0 Å². The van der Waals surface area contributed by atoms with E-state index in [0.717, 1.165) is 11.3 Å². The van der Waals surface area contributed by atoms with E-state index in [-0.39, 0.29) is 5.91 Å². The van der Waals surface area contributed by atoms with Crippen molar-refractivity contribution >= 4 is 40.8 Å². The summed E-state index contributed by atoms with van der Waals surface area (Å²) in [6.45, 7) is 2.19. The van der Waals surface area contributed by atoms with Gasteiger partial charge < -0.3 is 5.32 Å². The molecule has 0 spiro atoms. The van der Waals surface area contributed by atoms with Gasteiger partial charge in [0.2, 0.25) is 5.91 Å². The second-order valence-corrected chi connectivity index (χ2v) is 6.33. The summed E-state index contributed by atoms with van der Waals surface area (Å²) < 4.78 is 0. The summed E-state index contributed by atoms with van der Waals surface area (Å²) in [5, 5.41) is 11.3. The van der Waals surface area contributed by atoms with Crippen LogP contribution in [0.15, 0.2) is 39.4 Å². The first-order chi connectivity index (χ1) is 9.79. The van der Waals surface area contributed by atoms with Crippen molar-refractivity contribution in [3.8, 4) is 0 Å². The summed E-state index contributed by atoms with van der Waals surface area (Å²) in [6, 6.07) is 8.15. The van der Waals surface area contributed by atoms with Crippen LogP contribution in [0.4, 0.5) is 0 Å². The number of benzene rings is 1. The smallest absolute Gasteiger partial charge is 0.236 e. The van der Waals surface area contributed by atoms with E-state index in [2.05, 4.69) is 28.5 Å². The molecule has 1 N–H and O–H groups in total. The Morgan fingerprint density at radius 3 is 3.05 bits per heavy atom. The van der Waals surface area contributed by atoms with Crippen LogP contribution in [0.3, 0.4) is 0 Å². The third kappa shape index (κ3) is 4.68. The van der Waals surface area contributed by atoms with Crippen molar-refractivity contribution in [2.75, 3.05) is 11.5 Å². The first-order valence-corrected chi connectivity index (χ1v) is 8.52. The van der Waals surface area contributed by atoms with E-state index < -0.39 is 0 Å². The fourth-order valence-corrected chi connectivity index (χ4v) is 3.31. The minimum atomic E-state index is -0.0144. The van der Waals surface area contributed by atoms with Gasteiger partial charge in [-0.25, -0.2) is 0 Å². The molecule has 1 aliphatic heterocycles. The molecule has 0 saturated carbocycles. The highest BCUT2D eigenvalue weighted by Gasteiger charge is 2.15. The van der Waals surface area contributed by atoms with Gasteiger partial charge in [-0.1, -0.05) is 43.3 Å². The van der Waals surface area contributed by atoms with Crippen LogP contribution in [0.1, 0.15) is 25.3 Å². The minimum absolute atomic E-state index is 0.0144. The van der Waals surface area contributed by atoms with Crippen molar-refractivity contribution < 1.29 is 4.79 Å². The molecule has 0 atom stereocenters. The number of amidine groups is 1. The van der Waals surface area contributed by atoms with Crippen molar-refractivity contribution in [3.63, 3.8) is 0 Å². The van der Waals surface area contributed by atoms with Gasteiger partial charge in [0.15, 0.2) is 5.17 Å². The molecule has 0 unspecified atom stereocenters. The molecular formula is C14H17N3OS2. The lowest BCUT2D eigenvalue weighted by Crippen LogP contribution is -2.19. The van der Waals surface area contributed by atoms with E-state index in [9.17, 15) is 4.79 Å². The quantitative estimate of drug-likeness (QED) is 0.380. The fraction of sp³-hybridized carbons (Fsp3) is 0.357. The van der Waals surface area contributed by atoms with Crippen LogP contribution < -0.4 is 5.32 Å². The summed E-state index contributed by atoms with van der Waals surface area (Å²) >= 11 is 3.22. The predicted octanol–water partition coefficient (Wildman–Crippen LogP) is 3.13. The van der Waals surface area contributed by atoms with Gasteiger partial charge in [-0.3, -0.25) is 4.79 Å². The predicted molar refractivity (Wildman–Crippen MR) is 87.7 cm³/mol. The Kier molecular flexibility index (Phi) is 6.14. The molecule has 20 heavy (non-hydrogen) atoms. The number of rotatable bonds is 6. The van der Waals surface area contributed by atoms with Crippen molar-refractivity contribution in [1.29, 1.82) is 0 Å². The SMILES string of the molecule is CCCCSc1ccccc1C=NN=C1NC(=O)CS1. The number of hydrogen-bond acceptors (Lipinski definition) is 5. The molecule has 6 heteroatoms. The van der Waals surface area contributed by atoms with E-state index in [1.165, 1.54) is 29.5 Å². The molecule has 1 aromatic carbocycles. The van der Waals surface area contributed by atoms with Crippen LogP contribution in [0, 0.1) is 0 Å². The molecule has 0 bridgehead atoms. The monoisotopic (exact) mass is 307 g/mol. The minimum Gasteiger partial charge on any atom is -0.303 e. The summed E-state index contributed by atoms with van der Waals surface area (Å²) in [5.74, 6) is 1.53. The molecule has 1 heterocycles. The molecule has 1 aliphatic rings. The third-order valence-electron chi connectivity index (χ3n) is 2.61. The lowest BCUT2D eigenvalue weighted by Gasteiger charge is -2.03. The van der Waals surface area contributed by atoms with E-state index in [4.69, 9.17) is 0 Å². The van der Waals surface area contributed by atoms with E-state index in [1.54, 1.807) is 6.21 Å². The molecule has 1 amide bonds. The topological polar surface area (TPSA) is 53.8 Å². The Labute approximate surface area is 127 Å². The maximum Gasteiger partial charge on any atom is 0.236 e. The number of unbranched alkanes of at least 4 members (excludes halogenated alkanes) is 1. The van der Waals surface area contributed by atoms with Crippen molar-refractivity contribution in [3.05, 3.63) is 29.8 Å². The average molecular weight is 307 g/mol. The normalized spacial score (nSPS) is 17.1. The van der Waals surface area contributed by atoms with Gasteiger partial charge in [0.25, 0.3) is 0 Å². The van der Waals surface area contributed by atoms with Crippen LogP contribution >= 0.6 is 23.5 Å². The number of hydrogen-bond donors (Lipinski definition) is 1. The Bertz CT molecular complexity index is 529. The van der Waals surface area contributed by atoms with Gasteiger partial charge >= 0.3 is 0 Å². The first kappa shape index (κ1) is 15.1. The molecule has 0 radical (unpaired) electrons. The Balaban J connectivity index is 1.99. The average Bonchev–Trinajstić information content (AvgIpc) is 2.86. The lowest BCUT2D eigenvalue weighted by atomic mass is 10.2. The van der Waals surface area contributed by atoms with Crippen LogP contribution in [0.25, 0.3) is 0 Å². The molecule has 2 rings (SSSR count). The van der Waals surface area contributed by atoms with Gasteiger partial charge in [-0.05, 0) is 18.2 Å². The molecule has 0 aliphatic carbocycles. The Morgan fingerprint density at radius 2 is 2.30 bits per heavy atom. The summed E-state index contributed by atoms with van der Waals surface area (Å²) in [7, 11) is 0. The van der Waals surface area contributed by atoms with Gasteiger partial charge in [0, 0.05) is 10.5 Å². The standard InChI is InChI=1S/C14H17N3OS2/c1-2-3-8-19-12-7-5-4-6-11(12)9-15-17-14-16-13(18)10-20-14/h4-7,9H,2-3,8,10H2,1H3,(H,16,17,18). The molecule has 1 fully saturated rings. The molecule has 106 valence electrons. The van der Waals surface area contributed by atoms with Gasteiger partial charge in [-0.15, -0.1) is 16.9 Å². The zero-order valence-corrected chi connectivity index (χ0v) is 13.0. The zero-order chi connectivity index (χ0) is 14.2. The third-order valence-corrected chi connectivity index (χ3v) is 4.65. The van der Waals surface area contributed by atoms with E-state index >= 15 is 0 Å². The number of carbonyl (C=O) groups is 1. The van der Waals surface area contributed by atoms with E-state index in [0.29, 0.717) is 10.9 Å². The first-order valence-electron chi connectivity index (χ1n) is 6.55. The molecule has 4 nitrogen and oxygen atoms in total. The van der Waals surface area contributed by atoms with Crippen molar-refractivity contribution in [2.24, 2.45) is 10.2 Å². The van der Waals surface area contributed by atoms with Gasteiger partial charge in [0.1, 0.15) is 0 Å². The van der Waals surface area contributed by atoms with Crippen LogP contribution in [0.5, 0.6) is 0 Å². The number of nitrogens with zero attached hydrogens (tertiary/aromatic N) is 2. The van der Waals surface area contributed by atoms with Crippen molar-refractivity contribution in [2.45, 2.75) is 24.7 Å². The zero-order valence-electron chi connectivity index (χ0n) is 11.3. The molecule has 0 aromatic heterocycles. The van der Waals surface area contributed by atoms with E-state index in [1.807, 2.05) is 30.0 Å². The Morgan fingerprint density at radius 1 is 1.45 bits per heavy atom. The maximum absolute atomic E-state index is 11.0. The number of amides is 1. The Hall–Kier alpha value is -1.27. The number of carbonyl (C=O) groups excluding carboxylic acids is 1. The molecular weight excluding hydrogens is 290 g/mol. The second kappa shape index (κ2) is 8.11. The highest BCUT2D eigenvalue weighted by molar-refractivity contribution is 8.15. The number of thioether (sulfide) groups is 2. The lowest BCUT2D eigenvalue weighted by molar-refractivity contribution is -0.116. The largest absolute Gasteiger partial charge is 0.303 e. The highest BCUT2D eigenvalue weighted by atomic mass is 32.2. The second-order valence-electron chi connectivity index (χ2n) is 4.23. The summed E-state index contributed by atoms with van der Waals surface area (Å²) in [6.07, 6.45) is 4.15. The number of nitrogens with one attached hydrogen (secondary N) is 1. The summed E-state index contributed by atoms with van der Waals surface area (Å²) in [4.78, 5) is 12.2. The van der Waals surface area contributed by atoms with Crippen molar-refractivity contribution in [1.82, 2.24) is 5.32 Å². The molecule has 1 saturated heterocycles. The maximum atomic E-state index is 11.0. The van der Waals surface area contributed by atoms with Gasteiger partial charge in [-0.2, -0.15) is 5.10 Å². The highest BCUT2D eigenvalue weighted by Crippen LogP contribution is 2.22. The summed E-state index contributed by atoms with van der Waals surface area (Å²) in [5.41, 5.74) is 1.06. The molecule has 1 aromatic rings. The van der Waals surface area contributed by atoms with Gasteiger partial charge in [0.05, 0.1) is 12.0 Å². The van der Waals surface area contributed by atoms with Crippen LogP contribution in [-0.4, -0.2) is 28.8 Å². The van der Waals surface area contributed by atoms with Crippen LogP contribution in [-0.2, 0) is 4.79 Å².